The van der Waals surface area contributed by atoms with Crippen LogP contribution < -0.4 is 25.4 Å². The van der Waals surface area contributed by atoms with Crippen molar-refractivity contribution in [1.82, 2.24) is 25.5 Å². The second-order valence-corrected chi connectivity index (χ2v) is 17.2. The van der Waals surface area contributed by atoms with Crippen LogP contribution in [-0.2, 0) is 19.1 Å². The maximum Gasteiger partial charge on any atom is 0.408 e. The zero-order chi connectivity index (χ0) is 40.3. The van der Waals surface area contributed by atoms with Crippen molar-refractivity contribution in [2.75, 3.05) is 19.0 Å². The number of amides is 3. The average molecular weight is 793 g/mol. The molecule has 4 aliphatic rings. The van der Waals surface area contributed by atoms with E-state index in [4.69, 9.17) is 35.2 Å². The van der Waals surface area contributed by atoms with Gasteiger partial charge in [-0.3, -0.25) is 9.59 Å². The number of oxazole rings is 1. The van der Waals surface area contributed by atoms with E-state index in [2.05, 4.69) is 27.5 Å². The van der Waals surface area contributed by atoms with Crippen LogP contribution in [0, 0.1) is 23.2 Å². The number of carbonyl (C=O) groups is 4. The molecule has 0 bridgehead atoms. The number of likely N-dealkylation sites (tertiary alicyclic amines) is 1. The summed E-state index contributed by atoms with van der Waals surface area (Å²) in [6, 6.07) is 3.25. The minimum atomic E-state index is -1.53. The highest BCUT2D eigenvalue weighted by Gasteiger charge is 2.61. The third kappa shape index (κ3) is 7.69. The molecule has 7 rings (SSSR count). The number of rotatable bonds is 13. The van der Waals surface area contributed by atoms with Gasteiger partial charge in [-0.2, -0.15) is 4.98 Å². The van der Waals surface area contributed by atoms with E-state index in [1.54, 1.807) is 18.2 Å². The Hall–Kier alpha value is -5.05. The highest BCUT2D eigenvalue weighted by atomic mass is 35.5. The molecule has 3 aliphatic carbocycles. The summed E-state index contributed by atoms with van der Waals surface area (Å²) in [6.45, 7) is 13.0. The van der Waals surface area contributed by atoms with Gasteiger partial charge in [0.05, 0.1) is 24.9 Å². The SMILES string of the molecule is C=C[C@@H]1C[C@]1(NC(=O)[C@@H]1C[C@@H](Oc2cc(-c3coc(NC(C)C)n3)nc3c(Cl)c(OC)ccc23)CN1C(=O)C(NC(=O)O[C@@H]1C[C@@H]2C[C@@H]2C1)C(C)(C)C)C(=O)O. The summed E-state index contributed by atoms with van der Waals surface area (Å²) in [5.41, 5.74) is -1.19. The van der Waals surface area contributed by atoms with E-state index in [1.165, 1.54) is 24.3 Å². The fourth-order valence-corrected chi connectivity index (χ4v) is 8.33. The Morgan fingerprint density at radius 3 is 2.43 bits per heavy atom. The molecule has 3 heterocycles. The molecule has 0 radical (unpaired) electrons. The van der Waals surface area contributed by atoms with Crippen LogP contribution in [0.15, 0.2) is 41.5 Å². The molecule has 1 saturated heterocycles. The van der Waals surface area contributed by atoms with Gasteiger partial charge in [-0.1, -0.05) is 38.4 Å². The zero-order valence-electron chi connectivity index (χ0n) is 32.4. The van der Waals surface area contributed by atoms with Gasteiger partial charge < -0.3 is 44.6 Å². The van der Waals surface area contributed by atoms with Crippen LogP contribution in [0.4, 0.5) is 10.8 Å². The monoisotopic (exact) mass is 792 g/mol. The van der Waals surface area contributed by atoms with Gasteiger partial charge in [-0.05, 0) is 68.9 Å². The van der Waals surface area contributed by atoms with Crippen LogP contribution >= 0.6 is 11.6 Å². The van der Waals surface area contributed by atoms with Crippen LogP contribution in [0.3, 0.4) is 0 Å². The molecule has 4 N–H and O–H groups in total. The molecule has 1 aliphatic heterocycles. The number of pyridine rings is 1. The molecular weight excluding hydrogens is 744 g/mol. The second kappa shape index (κ2) is 14.8. The van der Waals surface area contributed by atoms with Crippen LogP contribution in [0.5, 0.6) is 11.5 Å². The summed E-state index contributed by atoms with van der Waals surface area (Å²) in [5.74, 6) is -0.932. The second-order valence-electron chi connectivity index (χ2n) is 16.8. The molecule has 2 aromatic heterocycles. The van der Waals surface area contributed by atoms with Crippen molar-refractivity contribution in [2.45, 2.75) is 103 Å². The van der Waals surface area contributed by atoms with Crippen molar-refractivity contribution in [3.8, 4) is 22.9 Å². The zero-order valence-corrected chi connectivity index (χ0v) is 33.1. The molecule has 56 heavy (non-hydrogen) atoms. The lowest BCUT2D eigenvalue weighted by Gasteiger charge is -2.35. The first kappa shape index (κ1) is 39.2. The standard InChI is InChI=1S/C40H49ClN6O9/c1-8-22-16-40(22,36(50)51)46-34(48)28-14-24(17-47(28)35(49)33(39(4,5)6)45-38(52)56-23-12-20-11-21(20)13-23)55-30-15-26(27-18-54-37(44-27)42-19(2)3)43-32-25(30)9-10-29(53-7)31(32)41/h8-10,15,18-24,28,33H,1,11-14,16-17H2,2-7H3,(H,42,44)(H,45,52)(H,46,48)(H,50,51)/t20-,21+,22-,23+,24-,28+,33?,40-/m1/s1. The van der Waals surface area contributed by atoms with E-state index in [1.807, 2.05) is 34.6 Å². The number of benzene rings is 1. The average Bonchev–Trinajstić information content (AvgIpc) is 3.80. The maximum absolute atomic E-state index is 14.6. The molecule has 1 aromatic carbocycles. The maximum atomic E-state index is 14.6. The lowest BCUT2D eigenvalue weighted by Crippen LogP contribution is -2.59. The fraction of sp³-hybridized carbons (Fsp3) is 0.550. The number of alkyl carbamates (subject to hydrolysis) is 1. The predicted octanol–water partition coefficient (Wildman–Crippen LogP) is 5.81. The number of anilines is 1. The van der Waals surface area contributed by atoms with Gasteiger partial charge in [0.2, 0.25) is 11.8 Å². The van der Waals surface area contributed by atoms with Crippen LogP contribution in [-0.4, -0.2) is 93.4 Å². The van der Waals surface area contributed by atoms with Crippen molar-refractivity contribution >= 4 is 52.4 Å². The molecule has 4 fully saturated rings. The molecule has 300 valence electrons. The number of carboxylic acid groups (broad SMARTS) is 1. The Balaban J connectivity index is 1.20. The predicted molar refractivity (Wildman–Crippen MR) is 206 cm³/mol. The molecule has 16 heteroatoms. The Morgan fingerprint density at radius 2 is 1.80 bits per heavy atom. The quantitative estimate of drug-likeness (QED) is 0.152. The first-order chi connectivity index (χ1) is 26.5. The normalized spacial score (nSPS) is 27.0. The van der Waals surface area contributed by atoms with Crippen LogP contribution in [0.25, 0.3) is 22.3 Å². The van der Waals surface area contributed by atoms with Crippen molar-refractivity contribution in [3.05, 3.63) is 42.1 Å². The molecular formula is C40H49ClN6O9. The minimum Gasteiger partial charge on any atom is -0.495 e. The topological polar surface area (TPSA) is 194 Å². The number of halogens is 1. The number of carboxylic acids is 1. The van der Waals surface area contributed by atoms with Crippen molar-refractivity contribution in [2.24, 2.45) is 23.2 Å². The molecule has 3 saturated carbocycles. The number of nitrogens with zero attached hydrogens (tertiary/aromatic N) is 3. The molecule has 3 aromatic rings. The number of aromatic nitrogens is 2. The first-order valence-electron chi connectivity index (χ1n) is 19.0. The van der Waals surface area contributed by atoms with E-state index in [-0.39, 0.29) is 36.6 Å². The summed E-state index contributed by atoms with van der Waals surface area (Å²) in [7, 11) is 1.49. The highest BCUT2D eigenvalue weighted by molar-refractivity contribution is 6.36. The molecule has 3 amide bonds. The third-order valence-corrected chi connectivity index (χ3v) is 11.6. The Morgan fingerprint density at radius 1 is 1.07 bits per heavy atom. The van der Waals surface area contributed by atoms with Crippen LogP contribution in [0.1, 0.15) is 66.7 Å². The smallest absolute Gasteiger partial charge is 0.408 e. The highest BCUT2D eigenvalue weighted by Crippen LogP contribution is 2.52. The summed E-state index contributed by atoms with van der Waals surface area (Å²) in [4.78, 5) is 65.1. The Kier molecular flexibility index (Phi) is 10.4. The van der Waals surface area contributed by atoms with Crippen molar-refractivity contribution in [3.63, 3.8) is 0 Å². The number of fused-ring (bicyclic) bond motifs is 2. The molecule has 8 atom stereocenters. The fourth-order valence-electron chi connectivity index (χ4n) is 8.05. The van der Waals surface area contributed by atoms with Crippen molar-refractivity contribution in [1.29, 1.82) is 0 Å². The lowest BCUT2D eigenvalue weighted by molar-refractivity contribution is -0.146. The minimum absolute atomic E-state index is 0.00758. The third-order valence-electron chi connectivity index (χ3n) is 11.3. The number of nitrogens with one attached hydrogen (secondary N) is 3. The van der Waals surface area contributed by atoms with Gasteiger partial charge in [0.25, 0.3) is 6.01 Å². The number of methoxy groups -OCH3 is 1. The summed E-state index contributed by atoms with van der Waals surface area (Å²) >= 11 is 6.79. The number of hydrogen-bond donors (Lipinski definition) is 4. The van der Waals surface area contributed by atoms with E-state index in [9.17, 15) is 24.3 Å². The number of aliphatic carboxylic acids is 1. The Labute approximate surface area is 329 Å². The molecule has 0 spiro atoms. The van der Waals surface area contributed by atoms with Gasteiger partial charge in [0.1, 0.15) is 58.3 Å². The van der Waals surface area contributed by atoms with Gasteiger partial charge >= 0.3 is 12.1 Å². The van der Waals surface area contributed by atoms with Gasteiger partial charge in [0, 0.05) is 29.8 Å². The summed E-state index contributed by atoms with van der Waals surface area (Å²) in [5, 5.41) is 19.5. The van der Waals surface area contributed by atoms with Crippen LogP contribution in [0.2, 0.25) is 5.02 Å². The van der Waals surface area contributed by atoms with Gasteiger partial charge in [-0.25, -0.2) is 14.6 Å². The number of hydrogen-bond acceptors (Lipinski definition) is 11. The summed E-state index contributed by atoms with van der Waals surface area (Å²) in [6.07, 6.45) is 4.26. The van der Waals surface area contributed by atoms with E-state index in [0.29, 0.717) is 51.6 Å². The summed E-state index contributed by atoms with van der Waals surface area (Å²) < 4.78 is 23.5. The first-order valence-corrected chi connectivity index (χ1v) is 19.4. The van der Waals surface area contributed by atoms with Gasteiger partial charge in [-0.15, -0.1) is 6.58 Å². The molecule has 15 nitrogen and oxygen atoms in total. The van der Waals surface area contributed by atoms with E-state index >= 15 is 0 Å². The van der Waals surface area contributed by atoms with Crippen molar-refractivity contribution < 1.29 is 42.9 Å². The lowest BCUT2D eigenvalue weighted by atomic mass is 9.85. The molecule has 1 unspecified atom stereocenters. The number of carbonyl (C=O) groups excluding carboxylic acids is 3. The Bertz CT molecular complexity index is 2050. The van der Waals surface area contributed by atoms with E-state index < -0.39 is 58.9 Å². The van der Waals surface area contributed by atoms with Gasteiger partial charge in [0.15, 0.2) is 0 Å². The number of ether oxygens (including phenoxy) is 3. The van der Waals surface area contributed by atoms with E-state index in [0.717, 1.165) is 19.3 Å². The largest absolute Gasteiger partial charge is 0.495 e.